The van der Waals surface area contributed by atoms with E-state index in [0.29, 0.717) is 0 Å². The van der Waals surface area contributed by atoms with Gasteiger partial charge < -0.3 is 10.2 Å². The number of rotatable bonds is 6. The van der Waals surface area contributed by atoms with E-state index in [2.05, 4.69) is 21.2 Å². The van der Waals surface area contributed by atoms with Crippen LogP contribution in [0.2, 0.25) is 0 Å². The van der Waals surface area contributed by atoms with Crippen LogP contribution in [0.1, 0.15) is 5.56 Å². The molecule has 0 aromatic heterocycles. The van der Waals surface area contributed by atoms with Crippen molar-refractivity contribution >= 4 is 45.2 Å². The summed E-state index contributed by atoms with van der Waals surface area (Å²) >= 11 is 4.68. The Labute approximate surface area is 158 Å². The van der Waals surface area contributed by atoms with Gasteiger partial charge in [-0.25, -0.2) is 4.39 Å². The van der Waals surface area contributed by atoms with Gasteiger partial charge in [-0.1, -0.05) is 15.9 Å². The van der Waals surface area contributed by atoms with Crippen LogP contribution in [-0.2, 0) is 9.59 Å². The van der Waals surface area contributed by atoms with Crippen LogP contribution in [-0.4, -0.2) is 36.1 Å². The fourth-order valence-electron chi connectivity index (χ4n) is 2.05. The van der Waals surface area contributed by atoms with Crippen LogP contribution >= 0.6 is 27.7 Å². The van der Waals surface area contributed by atoms with Crippen LogP contribution in [0.5, 0.6) is 0 Å². The molecule has 0 unspecified atom stereocenters. The van der Waals surface area contributed by atoms with Gasteiger partial charge in [0.25, 0.3) is 0 Å². The average molecular weight is 425 g/mol. The van der Waals surface area contributed by atoms with Gasteiger partial charge >= 0.3 is 0 Å². The Hall–Kier alpha value is -1.86. The summed E-state index contributed by atoms with van der Waals surface area (Å²) in [5.74, 6) is -0.551. The third-order valence-electron chi connectivity index (χ3n) is 3.45. The van der Waals surface area contributed by atoms with Gasteiger partial charge in [0.1, 0.15) is 5.82 Å². The number of likely N-dealkylation sites (N-methyl/N-ethyl adjacent to an activating group) is 1. The van der Waals surface area contributed by atoms with Crippen LogP contribution in [0.25, 0.3) is 0 Å². The van der Waals surface area contributed by atoms with Gasteiger partial charge in [0, 0.05) is 22.1 Å². The molecule has 2 aromatic carbocycles. The first-order valence-electron chi connectivity index (χ1n) is 7.53. The topological polar surface area (TPSA) is 49.4 Å². The SMILES string of the molecule is Cc1cc(Br)ccc1NC(=O)CN(C)C(=O)CSc1ccc(F)cc1. The predicted molar refractivity (Wildman–Crippen MR) is 102 cm³/mol. The molecule has 0 radical (unpaired) electrons. The van der Waals surface area contributed by atoms with Crippen LogP contribution in [0, 0.1) is 12.7 Å². The minimum absolute atomic E-state index is 0.0294. The molecule has 0 aliphatic rings. The fraction of sp³-hybridized carbons (Fsp3) is 0.222. The van der Waals surface area contributed by atoms with Crippen LogP contribution in [0.15, 0.2) is 51.8 Å². The predicted octanol–water partition coefficient (Wildman–Crippen LogP) is 4.09. The molecule has 25 heavy (non-hydrogen) atoms. The van der Waals surface area contributed by atoms with E-state index in [0.717, 1.165) is 20.6 Å². The zero-order chi connectivity index (χ0) is 18.4. The van der Waals surface area contributed by atoms with E-state index in [1.54, 1.807) is 19.2 Å². The molecule has 0 fully saturated rings. The van der Waals surface area contributed by atoms with Crippen LogP contribution < -0.4 is 5.32 Å². The number of hydrogen-bond acceptors (Lipinski definition) is 3. The summed E-state index contributed by atoms with van der Waals surface area (Å²) in [5, 5.41) is 2.80. The van der Waals surface area contributed by atoms with E-state index in [4.69, 9.17) is 0 Å². The summed E-state index contributed by atoms with van der Waals surface area (Å²) in [5.41, 5.74) is 1.65. The van der Waals surface area contributed by atoms with E-state index in [1.807, 2.05) is 25.1 Å². The molecule has 0 spiro atoms. The van der Waals surface area contributed by atoms with Gasteiger partial charge in [-0.15, -0.1) is 11.8 Å². The number of halogens is 2. The molecule has 0 atom stereocenters. The molecule has 0 saturated carbocycles. The van der Waals surface area contributed by atoms with E-state index < -0.39 is 0 Å². The second-order valence-electron chi connectivity index (χ2n) is 5.50. The molecule has 132 valence electrons. The minimum atomic E-state index is -0.312. The number of benzene rings is 2. The Bertz CT molecular complexity index is 768. The van der Waals surface area contributed by atoms with Gasteiger partial charge in [0.05, 0.1) is 12.3 Å². The van der Waals surface area contributed by atoms with Crippen LogP contribution in [0.4, 0.5) is 10.1 Å². The minimum Gasteiger partial charge on any atom is -0.336 e. The van der Waals surface area contributed by atoms with E-state index in [-0.39, 0.29) is 29.9 Å². The van der Waals surface area contributed by atoms with Gasteiger partial charge in [0.15, 0.2) is 0 Å². The highest BCUT2D eigenvalue weighted by Crippen LogP contribution is 2.20. The number of hydrogen-bond donors (Lipinski definition) is 1. The summed E-state index contributed by atoms with van der Waals surface area (Å²) in [6, 6.07) is 11.5. The molecule has 7 heteroatoms. The Balaban J connectivity index is 1.83. The Morgan fingerprint density at radius 1 is 1.20 bits per heavy atom. The lowest BCUT2D eigenvalue weighted by atomic mass is 10.2. The van der Waals surface area contributed by atoms with Crippen molar-refractivity contribution in [2.45, 2.75) is 11.8 Å². The monoisotopic (exact) mass is 424 g/mol. The molecular formula is C18H18BrFN2O2S. The number of nitrogens with one attached hydrogen (secondary N) is 1. The summed E-state index contributed by atoms with van der Waals surface area (Å²) < 4.78 is 13.8. The maximum atomic E-state index is 12.9. The third-order valence-corrected chi connectivity index (χ3v) is 4.94. The maximum Gasteiger partial charge on any atom is 0.243 e. The number of carbonyl (C=O) groups excluding carboxylic acids is 2. The smallest absolute Gasteiger partial charge is 0.243 e. The first kappa shape index (κ1) is 19.5. The second-order valence-corrected chi connectivity index (χ2v) is 7.46. The van der Waals surface area contributed by atoms with E-state index in [1.165, 1.54) is 28.8 Å². The molecule has 2 rings (SSSR count). The number of nitrogens with zero attached hydrogens (tertiary/aromatic N) is 1. The van der Waals surface area contributed by atoms with Crippen molar-refractivity contribution in [3.8, 4) is 0 Å². The fourth-order valence-corrected chi connectivity index (χ4v) is 3.36. The molecular weight excluding hydrogens is 407 g/mol. The Morgan fingerprint density at radius 3 is 2.52 bits per heavy atom. The van der Waals surface area contributed by atoms with Crippen molar-refractivity contribution in [2.24, 2.45) is 0 Å². The van der Waals surface area contributed by atoms with Gasteiger partial charge in [-0.2, -0.15) is 0 Å². The van der Waals surface area contributed by atoms with Gasteiger partial charge in [-0.05, 0) is 55.0 Å². The highest BCUT2D eigenvalue weighted by atomic mass is 79.9. The van der Waals surface area contributed by atoms with Crippen molar-refractivity contribution in [3.63, 3.8) is 0 Å². The standard InChI is InChI=1S/C18H18BrFN2O2S/c1-12-9-13(19)3-8-16(12)21-17(23)10-22(2)18(24)11-25-15-6-4-14(20)5-7-15/h3-9H,10-11H2,1-2H3,(H,21,23). The lowest BCUT2D eigenvalue weighted by Gasteiger charge is -2.17. The highest BCUT2D eigenvalue weighted by molar-refractivity contribution is 9.10. The zero-order valence-electron chi connectivity index (χ0n) is 13.9. The number of aryl methyl sites for hydroxylation is 1. The zero-order valence-corrected chi connectivity index (χ0v) is 16.3. The number of anilines is 1. The second kappa shape index (κ2) is 9.01. The molecule has 0 heterocycles. The first-order valence-corrected chi connectivity index (χ1v) is 9.31. The molecule has 4 nitrogen and oxygen atoms in total. The maximum absolute atomic E-state index is 12.9. The normalized spacial score (nSPS) is 10.4. The summed E-state index contributed by atoms with van der Waals surface area (Å²) in [4.78, 5) is 26.4. The largest absolute Gasteiger partial charge is 0.336 e. The number of thioether (sulfide) groups is 1. The van der Waals surface area contributed by atoms with Crippen molar-refractivity contribution in [1.29, 1.82) is 0 Å². The lowest BCUT2D eigenvalue weighted by Crippen LogP contribution is -2.36. The summed E-state index contributed by atoms with van der Waals surface area (Å²) in [7, 11) is 1.58. The molecule has 0 saturated heterocycles. The molecule has 1 N–H and O–H groups in total. The quantitative estimate of drug-likeness (QED) is 0.710. The lowest BCUT2D eigenvalue weighted by molar-refractivity contribution is -0.131. The molecule has 2 amide bonds. The average Bonchev–Trinajstić information content (AvgIpc) is 2.56. The Morgan fingerprint density at radius 2 is 1.88 bits per heavy atom. The summed E-state index contributed by atoms with van der Waals surface area (Å²) in [6.45, 7) is 1.87. The van der Waals surface area contributed by atoms with E-state index in [9.17, 15) is 14.0 Å². The molecule has 0 aliphatic carbocycles. The number of carbonyl (C=O) groups is 2. The number of amides is 2. The van der Waals surface area contributed by atoms with Crippen LogP contribution in [0.3, 0.4) is 0 Å². The first-order chi connectivity index (χ1) is 11.8. The van der Waals surface area contributed by atoms with Crippen molar-refractivity contribution in [2.75, 3.05) is 24.7 Å². The molecule has 0 aliphatic heterocycles. The van der Waals surface area contributed by atoms with E-state index >= 15 is 0 Å². The highest BCUT2D eigenvalue weighted by Gasteiger charge is 2.14. The van der Waals surface area contributed by atoms with Gasteiger partial charge in [0.2, 0.25) is 11.8 Å². The van der Waals surface area contributed by atoms with Crippen molar-refractivity contribution in [1.82, 2.24) is 4.90 Å². The summed E-state index contributed by atoms with van der Waals surface area (Å²) in [6.07, 6.45) is 0. The molecule has 2 aromatic rings. The van der Waals surface area contributed by atoms with Crippen molar-refractivity contribution < 1.29 is 14.0 Å². The molecule has 0 bridgehead atoms. The van der Waals surface area contributed by atoms with Gasteiger partial charge in [-0.3, -0.25) is 9.59 Å². The third kappa shape index (κ3) is 6.17. The Kier molecular flexibility index (Phi) is 7.01. The van der Waals surface area contributed by atoms with Crippen molar-refractivity contribution in [3.05, 3.63) is 58.3 Å².